The molecule has 0 saturated carbocycles. The summed E-state index contributed by atoms with van der Waals surface area (Å²) >= 11 is 6.88. The molecule has 1 heterocycles. The van der Waals surface area contributed by atoms with Crippen LogP contribution in [0.2, 0.25) is 0 Å². The van der Waals surface area contributed by atoms with Crippen LogP contribution in [0.5, 0.6) is 0 Å². The zero-order chi connectivity index (χ0) is 10.6. The lowest BCUT2D eigenvalue weighted by Crippen LogP contribution is -2.17. The predicted molar refractivity (Wildman–Crippen MR) is 63.6 cm³/mol. The third-order valence-electron chi connectivity index (χ3n) is 2.07. The van der Waals surface area contributed by atoms with Gasteiger partial charge in [-0.1, -0.05) is 6.92 Å². The number of aromatic amines is 1. The fourth-order valence-corrected chi connectivity index (χ4v) is 2.39. The van der Waals surface area contributed by atoms with Crippen LogP contribution in [0.25, 0.3) is 0 Å². The highest BCUT2D eigenvalue weighted by Gasteiger charge is 2.07. The van der Waals surface area contributed by atoms with E-state index in [0.29, 0.717) is 10.8 Å². The van der Waals surface area contributed by atoms with E-state index in [4.69, 9.17) is 12.2 Å². The van der Waals surface area contributed by atoms with Crippen molar-refractivity contribution in [3.8, 4) is 0 Å². The van der Waals surface area contributed by atoms with Crippen LogP contribution in [0.15, 0.2) is 17.1 Å². The van der Waals surface area contributed by atoms with Gasteiger partial charge in [0.25, 0.3) is 5.56 Å². The lowest BCUT2D eigenvalue weighted by Gasteiger charge is -2.17. The first-order chi connectivity index (χ1) is 6.69. The Bertz CT molecular complexity index is 396. The lowest BCUT2D eigenvalue weighted by atomic mass is 10.2. The molecule has 1 aromatic heterocycles. The minimum atomic E-state index is -0.134. The Balaban J connectivity index is 3.04. The van der Waals surface area contributed by atoms with E-state index in [2.05, 4.69) is 18.2 Å². The molecule has 78 valence electrons. The van der Waals surface area contributed by atoms with Gasteiger partial charge in [0.15, 0.2) is 4.77 Å². The number of nitrogens with one attached hydrogen (secondary N) is 1. The average molecular weight is 230 g/mol. The van der Waals surface area contributed by atoms with Crippen LogP contribution in [0.1, 0.15) is 19.4 Å². The number of H-pyrrole nitrogens is 1. The normalized spacial score (nSPS) is 12.7. The van der Waals surface area contributed by atoms with E-state index in [9.17, 15) is 4.79 Å². The van der Waals surface area contributed by atoms with Gasteiger partial charge in [-0.15, -0.1) is 0 Å². The monoisotopic (exact) mass is 230 g/mol. The van der Waals surface area contributed by atoms with E-state index < -0.39 is 0 Å². The fourth-order valence-electron chi connectivity index (χ4n) is 1.30. The number of aromatic nitrogens is 2. The molecule has 14 heavy (non-hydrogen) atoms. The molecule has 0 aliphatic rings. The van der Waals surface area contributed by atoms with E-state index in [1.807, 2.05) is 4.57 Å². The van der Waals surface area contributed by atoms with Crippen molar-refractivity contribution in [1.29, 1.82) is 0 Å². The Hall–Kier alpha value is -0.550. The van der Waals surface area contributed by atoms with Gasteiger partial charge in [0.1, 0.15) is 0 Å². The minimum Gasteiger partial charge on any atom is -0.321 e. The average Bonchev–Trinajstić information content (AvgIpc) is 2.15. The standard InChI is InChI=1S/C9H14N2OS2/c1-3-7(6-14-2)11-5-4-8(12)10-9(11)13/h4-5,7H,3,6H2,1-2H3,(H,10,12,13). The van der Waals surface area contributed by atoms with Crippen LogP contribution in [0.3, 0.4) is 0 Å². The van der Waals surface area contributed by atoms with Crippen molar-refractivity contribution in [2.45, 2.75) is 19.4 Å². The van der Waals surface area contributed by atoms with Crippen LogP contribution in [0, 0.1) is 4.77 Å². The molecule has 0 radical (unpaired) electrons. The summed E-state index contributed by atoms with van der Waals surface area (Å²) in [5.74, 6) is 1.01. The third-order valence-corrected chi connectivity index (χ3v) is 3.11. The smallest absolute Gasteiger partial charge is 0.251 e. The second-order valence-corrected chi connectivity index (χ2v) is 4.33. The van der Waals surface area contributed by atoms with Gasteiger partial charge in [0, 0.05) is 24.1 Å². The first kappa shape index (κ1) is 11.5. The van der Waals surface area contributed by atoms with Crippen LogP contribution in [-0.2, 0) is 0 Å². The highest BCUT2D eigenvalue weighted by molar-refractivity contribution is 7.98. The van der Waals surface area contributed by atoms with Gasteiger partial charge in [0.2, 0.25) is 0 Å². The van der Waals surface area contributed by atoms with Crippen molar-refractivity contribution in [3.63, 3.8) is 0 Å². The summed E-state index contributed by atoms with van der Waals surface area (Å²) in [5.41, 5.74) is -0.134. The Morgan fingerprint density at radius 3 is 2.93 bits per heavy atom. The largest absolute Gasteiger partial charge is 0.321 e. The first-order valence-corrected chi connectivity index (χ1v) is 6.29. The van der Waals surface area contributed by atoms with Crippen molar-refractivity contribution in [3.05, 3.63) is 27.4 Å². The molecule has 1 aromatic rings. The fraction of sp³-hybridized carbons (Fsp3) is 0.556. The number of hydrogen-bond acceptors (Lipinski definition) is 3. The van der Waals surface area contributed by atoms with E-state index in [0.717, 1.165) is 12.2 Å². The maximum absolute atomic E-state index is 11.0. The zero-order valence-corrected chi connectivity index (χ0v) is 9.95. The second kappa shape index (κ2) is 5.36. The van der Waals surface area contributed by atoms with E-state index in [1.54, 1.807) is 18.0 Å². The third kappa shape index (κ3) is 2.72. The Kier molecular flexibility index (Phi) is 4.41. The maximum atomic E-state index is 11.0. The molecule has 0 saturated heterocycles. The molecule has 0 fully saturated rings. The number of rotatable bonds is 4. The van der Waals surface area contributed by atoms with Crippen molar-refractivity contribution in [2.75, 3.05) is 12.0 Å². The Labute approximate surface area is 92.5 Å². The number of hydrogen-bond donors (Lipinski definition) is 1. The quantitative estimate of drug-likeness (QED) is 0.806. The van der Waals surface area contributed by atoms with Gasteiger partial charge in [0.05, 0.1) is 0 Å². The molecular weight excluding hydrogens is 216 g/mol. The molecule has 0 spiro atoms. The van der Waals surface area contributed by atoms with Crippen LogP contribution >= 0.6 is 24.0 Å². The topological polar surface area (TPSA) is 37.8 Å². The van der Waals surface area contributed by atoms with Crippen LogP contribution < -0.4 is 5.56 Å². The SMILES string of the molecule is CCC(CSC)n1ccc(=O)[nH]c1=S. The van der Waals surface area contributed by atoms with Gasteiger partial charge in [-0.05, 0) is 24.9 Å². The van der Waals surface area contributed by atoms with Gasteiger partial charge >= 0.3 is 0 Å². The summed E-state index contributed by atoms with van der Waals surface area (Å²) in [4.78, 5) is 13.6. The van der Waals surface area contributed by atoms with Gasteiger partial charge in [-0.25, -0.2) is 0 Å². The molecule has 1 rings (SSSR count). The molecule has 0 bridgehead atoms. The van der Waals surface area contributed by atoms with Gasteiger partial charge in [-0.2, -0.15) is 11.8 Å². The highest BCUT2D eigenvalue weighted by Crippen LogP contribution is 2.15. The molecule has 5 heteroatoms. The molecule has 0 aliphatic heterocycles. The Morgan fingerprint density at radius 2 is 2.43 bits per heavy atom. The van der Waals surface area contributed by atoms with Crippen molar-refractivity contribution in [2.24, 2.45) is 0 Å². The highest BCUT2D eigenvalue weighted by atomic mass is 32.2. The van der Waals surface area contributed by atoms with Crippen LogP contribution in [-0.4, -0.2) is 21.6 Å². The van der Waals surface area contributed by atoms with Crippen molar-refractivity contribution < 1.29 is 0 Å². The van der Waals surface area contributed by atoms with E-state index in [1.165, 1.54) is 6.07 Å². The Morgan fingerprint density at radius 1 is 1.71 bits per heavy atom. The summed E-state index contributed by atoms with van der Waals surface area (Å²) in [5, 5.41) is 0. The second-order valence-electron chi connectivity index (χ2n) is 3.03. The predicted octanol–water partition coefficient (Wildman–Crippen LogP) is 2.22. The summed E-state index contributed by atoms with van der Waals surface area (Å²) < 4.78 is 2.46. The number of thioether (sulfide) groups is 1. The first-order valence-electron chi connectivity index (χ1n) is 4.49. The summed E-state index contributed by atoms with van der Waals surface area (Å²) in [6.07, 6.45) is 4.85. The molecule has 0 aromatic carbocycles. The minimum absolute atomic E-state index is 0.134. The van der Waals surface area contributed by atoms with E-state index in [-0.39, 0.29) is 5.56 Å². The van der Waals surface area contributed by atoms with Gasteiger partial charge < -0.3 is 4.57 Å². The molecule has 1 atom stereocenters. The lowest BCUT2D eigenvalue weighted by molar-refractivity contribution is 0.520. The van der Waals surface area contributed by atoms with Crippen molar-refractivity contribution in [1.82, 2.24) is 9.55 Å². The molecule has 0 aliphatic carbocycles. The van der Waals surface area contributed by atoms with Crippen molar-refractivity contribution >= 4 is 24.0 Å². The van der Waals surface area contributed by atoms with Gasteiger partial charge in [-0.3, -0.25) is 9.78 Å². The van der Waals surface area contributed by atoms with E-state index >= 15 is 0 Å². The van der Waals surface area contributed by atoms with Crippen LogP contribution in [0.4, 0.5) is 0 Å². The molecule has 1 N–H and O–H groups in total. The molecule has 1 unspecified atom stereocenters. The number of nitrogens with zero attached hydrogens (tertiary/aromatic N) is 1. The summed E-state index contributed by atoms with van der Waals surface area (Å²) in [6, 6.07) is 1.88. The maximum Gasteiger partial charge on any atom is 0.251 e. The summed E-state index contributed by atoms with van der Waals surface area (Å²) in [6.45, 7) is 2.12. The molecule has 0 amide bonds. The molecule has 3 nitrogen and oxygen atoms in total. The molecular formula is C9H14N2OS2. The summed E-state index contributed by atoms with van der Waals surface area (Å²) in [7, 11) is 0. The zero-order valence-electron chi connectivity index (χ0n) is 8.32.